The van der Waals surface area contributed by atoms with Crippen molar-refractivity contribution < 1.29 is 17.9 Å². The Kier molecular flexibility index (Phi) is 6.30. The largest absolute Gasteiger partial charge is 0.484 e. The number of hydrogen-bond donors (Lipinski definition) is 1. The van der Waals surface area contributed by atoms with Crippen molar-refractivity contribution in [3.63, 3.8) is 0 Å². The van der Waals surface area contributed by atoms with Crippen molar-refractivity contribution in [3.8, 4) is 5.75 Å². The number of carbonyl (C=O) groups is 1. The van der Waals surface area contributed by atoms with E-state index in [-0.39, 0.29) is 27.8 Å². The Morgan fingerprint density at radius 1 is 0.941 bits per heavy atom. The van der Waals surface area contributed by atoms with Crippen LogP contribution in [0.25, 0.3) is 11.0 Å². The zero-order valence-corrected chi connectivity index (χ0v) is 19.9. The van der Waals surface area contributed by atoms with E-state index in [1.807, 2.05) is 19.1 Å². The van der Waals surface area contributed by atoms with Gasteiger partial charge in [0.05, 0.1) is 26.5 Å². The Hall–Kier alpha value is -3.85. The predicted octanol–water partition coefficient (Wildman–Crippen LogP) is 3.29. The third-order valence-electron chi connectivity index (χ3n) is 5.69. The molecule has 4 aromatic rings. The smallest absolute Gasteiger partial charge is 0.328 e. The number of sulfone groups is 1. The van der Waals surface area contributed by atoms with Crippen LogP contribution < -0.4 is 15.7 Å². The van der Waals surface area contributed by atoms with Gasteiger partial charge in [0.15, 0.2) is 6.61 Å². The van der Waals surface area contributed by atoms with E-state index in [1.54, 1.807) is 44.4 Å². The summed E-state index contributed by atoms with van der Waals surface area (Å²) in [6.07, 6.45) is 0.893. The average Bonchev–Trinajstić information content (AvgIpc) is 3.06. The van der Waals surface area contributed by atoms with Crippen molar-refractivity contribution in [2.75, 3.05) is 11.9 Å². The number of hydrogen-bond acceptors (Lipinski definition) is 5. The van der Waals surface area contributed by atoms with Crippen LogP contribution in [-0.4, -0.2) is 30.1 Å². The lowest BCUT2D eigenvalue weighted by Gasteiger charge is -2.14. The molecule has 1 heterocycles. The highest BCUT2D eigenvalue weighted by Crippen LogP contribution is 2.31. The summed E-state index contributed by atoms with van der Waals surface area (Å²) in [5.74, 6) is 0.00903. The monoisotopic (exact) mass is 479 g/mol. The molecule has 4 rings (SSSR count). The summed E-state index contributed by atoms with van der Waals surface area (Å²) in [5.41, 5.74) is 1.85. The molecule has 0 unspecified atom stereocenters. The number of benzene rings is 3. The van der Waals surface area contributed by atoms with Crippen molar-refractivity contribution in [1.29, 1.82) is 0 Å². The van der Waals surface area contributed by atoms with E-state index in [0.717, 1.165) is 12.0 Å². The highest BCUT2D eigenvalue weighted by molar-refractivity contribution is 7.91. The molecule has 0 saturated heterocycles. The maximum Gasteiger partial charge on any atom is 0.328 e. The maximum absolute atomic E-state index is 13.4. The lowest BCUT2D eigenvalue weighted by Crippen LogP contribution is -2.21. The van der Waals surface area contributed by atoms with Crippen molar-refractivity contribution in [3.05, 3.63) is 82.8 Å². The highest BCUT2D eigenvalue weighted by Gasteiger charge is 2.25. The number of nitrogens with one attached hydrogen (secondary N) is 1. The summed E-state index contributed by atoms with van der Waals surface area (Å²) in [7, 11) is -0.825. The van der Waals surface area contributed by atoms with Gasteiger partial charge < -0.3 is 10.1 Å². The van der Waals surface area contributed by atoms with Crippen LogP contribution in [0.15, 0.2) is 81.3 Å². The van der Waals surface area contributed by atoms with E-state index in [9.17, 15) is 18.0 Å². The normalized spacial score (nSPS) is 11.5. The van der Waals surface area contributed by atoms with E-state index in [4.69, 9.17) is 4.74 Å². The van der Waals surface area contributed by atoms with Crippen LogP contribution in [0, 0.1) is 0 Å². The second kappa shape index (κ2) is 9.18. The molecule has 0 aliphatic carbocycles. The van der Waals surface area contributed by atoms with Crippen LogP contribution in [0.4, 0.5) is 5.69 Å². The van der Waals surface area contributed by atoms with Crippen LogP contribution in [-0.2, 0) is 35.1 Å². The molecule has 0 atom stereocenters. The molecular weight excluding hydrogens is 454 g/mol. The molecule has 176 valence electrons. The van der Waals surface area contributed by atoms with Gasteiger partial charge >= 0.3 is 5.69 Å². The number of imidazole rings is 1. The van der Waals surface area contributed by atoms with Gasteiger partial charge in [-0.1, -0.05) is 37.3 Å². The summed E-state index contributed by atoms with van der Waals surface area (Å²) in [5, 5.41) is 2.66. The van der Waals surface area contributed by atoms with Gasteiger partial charge in [-0.15, -0.1) is 0 Å². The number of aryl methyl sites for hydroxylation is 3. The molecule has 0 fully saturated rings. The maximum atomic E-state index is 13.4. The fraction of sp³-hybridized carbons (Fsp3) is 0.200. The van der Waals surface area contributed by atoms with Gasteiger partial charge in [-0.05, 0) is 48.4 Å². The van der Waals surface area contributed by atoms with Crippen LogP contribution in [0.1, 0.15) is 12.5 Å². The van der Waals surface area contributed by atoms with E-state index >= 15 is 0 Å². The van der Waals surface area contributed by atoms with Gasteiger partial charge in [-0.2, -0.15) is 0 Å². The fourth-order valence-electron chi connectivity index (χ4n) is 3.73. The number of carbonyl (C=O) groups excluding carboxylic acids is 1. The molecule has 1 N–H and O–H groups in total. The van der Waals surface area contributed by atoms with Crippen molar-refractivity contribution in [2.45, 2.75) is 23.1 Å². The number of amides is 1. The Morgan fingerprint density at radius 3 is 2.18 bits per heavy atom. The predicted molar refractivity (Wildman–Crippen MR) is 130 cm³/mol. The summed E-state index contributed by atoms with van der Waals surface area (Å²) < 4.78 is 35.2. The first kappa shape index (κ1) is 23.3. The van der Waals surface area contributed by atoms with Crippen LogP contribution >= 0.6 is 0 Å². The number of ether oxygens (including phenoxy) is 1. The van der Waals surface area contributed by atoms with Crippen LogP contribution in [0.5, 0.6) is 5.75 Å². The van der Waals surface area contributed by atoms with E-state index < -0.39 is 15.7 Å². The molecular formula is C25H25N3O5S. The van der Waals surface area contributed by atoms with Gasteiger partial charge in [-0.3, -0.25) is 13.9 Å². The quantitative estimate of drug-likeness (QED) is 0.439. The number of nitrogens with zero attached hydrogens (tertiary/aromatic N) is 2. The minimum absolute atomic E-state index is 0.0764. The SMILES string of the molecule is CCc1ccc(OCC(=O)Nc2cc3c(cc2S(=O)(=O)c2ccccc2)n(C)c(=O)n3C)cc1. The first-order valence-corrected chi connectivity index (χ1v) is 12.2. The molecule has 9 heteroatoms. The molecule has 34 heavy (non-hydrogen) atoms. The second-order valence-electron chi connectivity index (χ2n) is 7.89. The van der Waals surface area contributed by atoms with E-state index in [0.29, 0.717) is 16.8 Å². The van der Waals surface area contributed by atoms with Crippen LogP contribution in [0.2, 0.25) is 0 Å². The first-order chi connectivity index (χ1) is 16.2. The molecule has 0 radical (unpaired) electrons. The highest BCUT2D eigenvalue weighted by atomic mass is 32.2. The standard InChI is InChI=1S/C25H25N3O5S/c1-4-17-10-12-18(13-11-17)33-16-24(29)26-20-14-21-22(28(3)25(30)27(21)2)15-23(20)34(31,32)19-8-6-5-7-9-19/h5-15H,4,16H2,1-3H3,(H,26,29). The minimum atomic E-state index is -3.98. The molecule has 8 nitrogen and oxygen atoms in total. The Labute approximate surface area is 197 Å². The fourth-order valence-corrected chi connectivity index (χ4v) is 5.16. The topological polar surface area (TPSA) is 99.4 Å². The number of fused-ring (bicyclic) bond motifs is 1. The molecule has 1 amide bonds. The van der Waals surface area contributed by atoms with Gasteiger partial charge in [0, 0.05) is 14.1 Å². The van der Waals surface area contributed by atoms with Crippen molar-refractivity contribution in [1.82, 2.24) is 9.13 Å². The summed E-state index contributed by atoms with van der Waals surface area (Å²) in [4.78, 5) is 25.1. The Morgan fingerprint density at radius 2 is 1.56 bits per heavy atom. The second-order valence-corrected chi connectivity index (χ2v) is 9.81. The summed E-state index contributed by atoms with van der Waals surface area (Å²) >= 11 is 0. The molecule has 0 aliphatic heterocycles. The summed E-state index contributed by atoms with van der Waals surface area (Å²) in [6.45, 7) is 1.74. The van der Waals surface area contributed by atoms with Crippen molar-refractivity contribution in [2.24, 2.45) is 14.1 Å². The Balaban J connectivity index is 1.71. The molecule has 0 bridgehead atoms. The molecule has 1 aromatic heterocycles. The lowest BCUT2D eigenvalue weighted by atomic mass is 10.2. The van der Waals surface area contributed by atoms with E-state index in [2.05, 4.69) is 5.32 Å². The molecule has 0 aliphatic rings. The average molecular weight is 480 g/mol. The number of rotatable bonds is 7. The zero-order valence-electron chi connectivity index (χ0n) is 19.1. The van der Waals surface area contributed by atoms with Gasteiger partial charge in [0.25, 0.3) is 5.91 Å². The molecule has 0 spiro atoms. The van der Waals surface area contributed by atoms with Crippen molar-refractivity contribution >= 4 is 32.5 Å². The first-order valence-electron chi connectivity index (χ1n) is 10.7. The van der Waals surface area contributed by atoms with Gasteiger partial charge in [0.2, 0.25) is 9.84 Å². The third-order valence-corrected chi connectivity index (χ3v) is 7.50. The number of aromatic nitrogens is 2. The lowest BCUT2D eigenvalue weighted by molar-refractivity contribution is -0.118. The van der Waals surface area contributed by atoms with Gasteiger partial charge in [0.1, 0.15) is 5.75 Å². The Bertz CT molecular complexity index is 1520. The molecule has 3 aromatic carbocycles. The minimum Gasteiger partial charge on any atom is -0.484 e. The van der Waals surface area contributed by atoms with Gasteiger partial charge in [-0.25, -0.2) is 13.2 Å². The molecule has 0 saturated carbocycles. The number of anilines is 1. The zero-order chi connectivity index (χ0) is 24.5. The van der Waals surface area contributed by atoms with Crippen LogP contribution in [0.3, 0.4) is 0 Å². The summed E-state index contributed by atoms with van der Waals surface area (Å²) in [6, 6.07) is 18.3. The van der Waals surface area contributed by atoms with E-state index in [1.165, 1.54) is 33.4 Å². The third kappa shape index (κ3) is 4.34.